The number of ether oxygens (including phenoxy) is 1. The first-order valence-electron chi connectivity index (χ1n) is 7.64. The number of nitrogens with zero attached hydrogens (tertiary/aromatic N) is 2. The van der Waals surface area contributed by atoms with Crippen LogP contribution in [0.3, 0.4) is 0 Å². The fourth-order valence-electron chi connectivity index (χ4n) is 3.19. The van der Waals surface area contributed by atoms with Crippen LogP contribution in [0.5, 0.6) is 0 Å². The molecule has 3 saturated heterocycles. The number of thioether (sulfide) groups is 2. The Hall–Kier alpha value is 0.0900. The van der Waals surface area contributed by atoms with Crippen LogP contribution < -0.4 is 0 Å². The fourth-order valence-corrected chi connectivity index (χ4v) is 5.82. The third-order valence-corrected chi connectivity index (χ3v) is 7.17. The Morgan fingerprint density at radius 1 is 1.05 bits per heavy atom. The molecule has 1 amide bonds. The molecule has 1 atom stereocenters. The first-order chi connectivity index (χ1) is 9.84. The second-order valence-electron chi connectivity index (χ2n) is 5.64. The summed E-state index contributed by atoms with van der Waals surface area (Å²) in [4.78, 5) is 17.2. The summed E-state index contributed by atoms with van der Waals surface area (Å²) in [6.07, 6.45) is 2.31. The van der Waals surface area contributed by atoms with Crippen molar-refractivity contribution < 1.29 is 9.53 Å². The van der Waals surface area contributed by atoms with E-state index in [2.05, 4.69) is 9.80 Å². The predicted octanol–water partition coefficient (Wildman–Crippen LogP) is 1.16. The van der Waals surface area contributed by atoms with Gasteiger partial charge in [0.1, 0.15) is 0 Å². The molecule has 0 aromatic carbocycles. The van der Waals surface area contributed by atoms with E-state index in [9.17, 15) is 4.79 Å². The first-order valence-corrected chi connectivity index (χ1v) is 9.85. The monoisotopic (exact) mass is 316 g/mol. The van der Waals surface area contributed by atoms with Gasteiger partial charge in [-0.15, -0.1) is 11.8 Å². The summed E-state index contributed by atoms with van der Waals surface area (Å²) in [6.45, 7) is 5.72. The molecular weight excluding hydrogens is 292 g/mol. The lowest BCUT2D eigenvalue weighted by Gasteiger charge is -2.41. The van der Waals surface area contributed by atoms with Gasteiger partial charge in [-0.3, -0.25) is 9.69 Å². The van der Waals surface area contributed by atoms with Crippen LogP contribution >= 0.6 is 23.5 Å². The Bertz CT molecular complexity index is 323. The highest BCUT2D eigenvalue weighted by atomic mass is 32.2. The van der Waals surface area contributed by atoms with Gasteiger partial charge < -0.3 is 9.64 Å². The Labute approximate surface area is 130 Å². The van der Waals surface area contributed by atoms with Crippen molar-refractivity contribution in [2.45, 2.75) is 24.1 Å². The molecule has 3 aliphatic rings. The van der Waals surface area contributed by atoms with Crippen LogP contribution in [0, 0.1) is 0 Å². The van der Waals surface area contributed by atoms with E-state index in [1.807, 2.05) is 23.5 Å². The second kappa shape index (κ2) is 7.38. The molecule has 0 spiro atoms. The van der Waals surface area contributed by atoms with Gasteiger partial charge in [0.15, 0.2) is 0 Å². The van der Waals surface area contributed by atoms with Crippen molar-refractivity contribution in [1.82, 2.24) is 9.80 Å². The Balaban J connectivity index is 1.46. The van der Waals surface area contributed by atoms with E-state index in [1.54, 1.807) is 0 Å². The summed E-state index contributed by atoms with van der Waals surface area (Å²) < 4.78 is 5.43. The average Bonchev–Trinajstić information content (AvgIpc) is 2.56. The summed E-state index contributed by atoms with van der Waals surface area (Å²) in [5, 5.41) is 0.211. The highest BCUT2D eigenvalue weighted by Gasteiger charge is 2.31. The number of rotatable bonds is 2. The lowest BCUT2D eigenvalue weighted by atomic mass is 10.1. The molecular formula is C14H24N2O2S2. The maximum Gasteiger partial charge on any atom is 0.236 e. The van der Waals surface area contributed by atoms with Crippen LogP contribution in [-0.2, 0) is 9.53 Å². The molecule has 0 radical (unpaired) electrons. The molecule has 114 valence electrons. The van der Waals surface area contributed by atoms with E-state index in [-0.39, 0.29) is 5.25 Å². The minimum Gasteiger partial charge on any atom is -0.381 e. The second-order valence-corrected chi connectivity index (χ2v) is 8.10. The number of piperazine rings is 1. The minimum absolute atomic E-state index is 0.211. The zero-order valence-electron chi connectivity index (χ0n) is 12.0. The van der Waals surface area contributed by atoms with Crippen LogP contribution in [0.15, 0.2) is 0 Å². The van der Waals surface area contributed by atoms with Gasteiger partial charge in [-0.05, 0) is 12.8 Å². The smallest absolute Gasteiger partial charge is 0.236 e. The standard InChI is InChI=1S/C14H24N2O2S2/c17-14(13-11-19-9-10-20-13)16-5-3-15(4-6-16)12-1-7-18-8-2-12/h12-13H,1-11H2. The van der Waals surface area contributed by atoms with Gasteiger partial charge in [-0.1, -0.05) is 0 Å². The van der Waals surface area contributed by atoms with Gasteiger partial charge in [0.05, 0.1) is 5.25 Å². The largest absolute Gasteiger partial charge is 0.381 e. The number of hydrogen-bond acceptors (Lipinski definition) is 5. The molecule has 0 aromatic heterocycles. The van der Waals surface area contributed by atoms with Crippen LogP contribution in [0.25, 0.3) is 0 Å². The van der Waals surface area contributed by atoms with Crippen molar-refractivity contribution in [2.24, 2.45) is 0 Å². The minimum atomic E-state index is 0.211. The number of carbonyl (C=O) groups excluding carboxylic acids is 1. The lowest BCUT2D eigenvalue weighted by Crippen LogP contribution is -2.54. The van der Waals surface area contributed by atoms with Crippen LogP contribution in [-0.4, -0.2) is 83.7 Å². The van der Waals surface area contributed by atoms with Gasteiger partial charge in [0.2, 0.25) is 5.91 Å². The van der Waals surface area contributed by atoms with Crippen molar-refractivity contribution >= 4 is 29.4 Å². The third-order valence-electron chi connectivity index (χ3n) is 4.42. The summed E-state index contributed by atoms with van der Waals surface area (Å²) in [7, 11) is 0. The summed E-state index contributed by atoms with van der Waals surface area (Å²) in [6, 6.07) is 0.681. The SMILES string of the molecule is O=C(C1CSCCS1)N1CCN(C2CCOCC2)CC1. The van der Waals surface area contributed by atoms with Gasteiger partial charge in [0.25, 0.3) is 0 Å². The molecule has 6 heteroatoms. The zero-order valence-corrected chi connectivity index (χ0v) is 13.6. The maximum atomic E-state index is 12.5. The Kier molecular flexibility index (Phi) is 5.54. The Morgan fingerprint density at radius 2 is 1.80 bits per heavy atom. The maximum absolute atomic E-state index is 12.5. The molecule has 0 aliphatic carbocycles. The molecule has 0 saturated carbocycles. The van der Waals surface area contributed by atoms with Crippen LogP contribution in [0.1, 0.15) is 12.8 Å². The predicted molar refractivity (Wildman–Crippen MR) is 85.6 cm³/mol. The third kappa shape index (κ3) is 3.64. The van der Waals surface area contributed by atoms with Gasteiger partial charge in [0, 0.05) is 62.7 Å². The van der Waals surface area contributed by atoms with E-state index in [1.165, 1.54) is 5.75 Å². The molecule has 3 aliphatic heterocycles. The van der Waals surface area contributed by atoms with E-state index >= 15 is 0 Å². The van der Waals surface area contributed by atoms with Crippen LogP contribution in [0.2, 0.25) is 0 Å². The number of hydrogen-bond donors (Lipinski definition) is 0. The van der Waals surface area contributed by atoms with Crippen molar-refractivity contribution in [3.63, 3.8) is 0 Å². The molecule has 3 heterocycles. The zero-order chi connectivity index (χ0) is 13.8. The lowest BCUT2D eigenvalue weighted by molar-refractivity contribution is -0.132. The molecule has 3 fully saturated rings. The van der Waals surface area contributed by atoms with Crippen molar-refractivity contribution in [1.29, 1.82) is 0 Å². The van der Waals surface area contributed by atoms with E-state index in [0.29, 0.717) is 11.9 Å². The highest BCUT2D eigenvalue weighted by molar-refractivity contribution is 8.07. The van der Waals surface area contributed by atoms with Crippen molar-refractivity contribution in [3.05, 3.63) is 0 Å². The molecule has 4 nitrogen and oxygen atoms in total. The first kappa shape index (κ1) is 15.0. The molecule has 0 bridgehead atoms. The molecule has 1 unspecified atom stereocenters. The summed E-state index contributed by atoms with van der Waals surface area (Å²) >= 11 is 3.78. The quantitative estimate of drug-likeness (QED) is 0.763. The number of carbonyl (C=O) groups is 1. The summed E-state index contributed by atoms with van der Waals surface area (Å²) in [5.74, 6) is 3.72. The summed E-state index contributed by atoms with van der Waals surface area (Å²) in [5.41, 5.74) is 0. The van der Waals surface area contributed by atoms with E-state index < -0.39 is 0 Å². The Morgan fingerprint density at radius 3 is 2.45 bits per heavy atom. The normalized spacial score (nSPS) is 30.4. The van der Waals surface area contributed by atoms with E-state index in [4.69, 9.17) is 4.74 Å². The topological polar surface area (TPSA) is 32.8 Å². The molecule has 0 aromatic rings. The molecule has 20 heavy (non-hydrogen) atoms. The molecule has 3 rings (SSSR count). The van der Waals surface area contributed by atoms with Gasteiger partial charge >= 0.3 is 0 Å². The van der Waals surface area contributed by atoms with E-state index in [0.717, 1.165) is 63.7 Å². The van der Waals surface area contributed by atoms with Crippen molar-refractivity contribution in [3.8, 4) is 0 Å². The highest BCUT2D eigenvalue weighted by Crippen LogP contribution is 2.26. The van der Waals surface area contributed by atoms with Crippen molar-refractivity contribution in [2.75, 3.05) is 56.7 Å². The fraction of sp³-hybridized carbons (Fsp3) is 0.929. The molecule has 0 N–H and O–H groups in total. The average molecular weight is 316 g/mol. The van der Waals surface area contributed by atoms with Gasteiger partial charge in [-0.2, -0.15) is 11.8 Å². The number of amides is 1. The van der Waals surface area contributed by atoms with Crippen LogP contribution in [0.4, 0.5) is 0 Å². The van der Waals surface area contributed by atoms with Gasteiger partial charge in [-0.25, -0.2) is 0 Å².